The van der Waals surface area contributed by atoms with Gasteiger partial charge in [-0.15, -0.1) is 0 Å². The number of benzene rings is 4. The summed E-state index contributed by atoms with van der Waals surface area (Å²) in [7, 11) is -1.84. The number of carbonyl (C=O) groups excluding carboxylic acids is 3. The molecule has 11 heteroatoms. The van der Waals surface area contributed by atoms with E-state index in [-0.39, 0.29) is 33.7 Å². The quantitative estimate of drug-likeness (QED) is 0.146. The summed E-state index contributed by atoms with van der Waals surface area (Å²) in [4.78, 5) is 45.5. The minimum absolute atomic E-state index is 0.108. The first-order valence-electron chi connectivity index (χ1n) is 17.0. The number of hydrogen-bond acceptors (Lipinski definition) is 5. The SMILES string of the molecule is CCCCN(CCCC)C(=O)c1nn(-c2ccc(C(=O)NS(=O)c3ccc4ccccc4c3)cc2C(=O)N2CCc3ccccc3C2)cc1Cl. The van der Waals surface area contributed by atoms with Crippen LogP contribution < -0.4 is 4.72 Å². The van der Waals surface area contributed by atoms with Gasteiger partial charge in [-0.2, -0.15) is 5.10 Å². The molecule has 0 saturated heterocycles. The van der Waals surface area contributed by atoms with E-state index < -0.39 is 16.9 Å². The molecule has 2 heterocycles. The number of nitrogens with zero attached hydrogens (tertiary/aromatic N) is 4. The van der Waals surface area contributed by atoms with Gasteiger partial charge in [0.05, 0.1) is 27.4 Å². The first-order chi connectivity index (χ1) is 24.3. The first kappa shape index (κ1) is 35.0. The third-order valence-electron chi connectivity index (χ3n) is 9.00. The minimum Gasteiger partial charge on any atom is -0.337 e. The van der Waals surface area contributed by atoms with E-state index in [9.17, 15) is 18.6 Å². The van der Waals surface area contributed by atoms with E-state index in [1.165, 1.54) is 22.5 Å². The molecule has 1 aliphatic heterocycles. The Morgan fingerprint density at radius 3 is 2.32 bits per heavy atom. The summed E-state index contributed by atoms with van der Waals surface area (Å²) in [5.74, 6) is -1.16. The number of nitrogens with one attached hydrogen (secondary N) is 1. The molecule has 0 fully saturated rings. The Balaban J connectivity index is 1.33. The molecule has 50 heavy (non-hydrogen) atoms. The third-order valence-corrected chi connectivity index (χ3v) is 10.3. The van der Waals surface area contributed by atoms with Gasteiger partial charge in [0, 0.05) is 31.7 Å². The van der Waals surface area contributed by atoms with Crippen LogP contribution in [0.25, 0.3) is 16.5 Å². The molecule has 0 radical (unpaired) electrons. The van der Waals surface area contributed by atoms with Gasteiger partial charge in [0.2, 0.25) is 0 Å². The monoisotopic (exact) mass is 709 g/mol. The molecule has 9 nitrogen and oxygen atoms in total. The maximum Gasteiger partial charge on any atom is 0.275 e. The summed E-state index contributed by atoms with van der Waals surface area (Å²) in [5, 5.41) is 6.68. The van der Waals surface area contributed by atoms with Crippen LogP contribution in [0.2, 0.25) is 5.02 Å². The van der Waals surface area contributed by atoms with Crippen molar-refractivity contribution in [2.24, 2.45) is 0 Å². The van der Waals surface area contributed by atoms with E-state index in [1.807, 2.05) is 48.5 Å². The zero-order valence-electron chi connectivity index (χ0n) is 28.2. The Bertz CT molecular complexity index is 2070. The van der Waals surface area contributed by atoms with Crippen molar-refractivity contribution >= 4 is 51.1 Å². The van der Waals surface area contributed by atoms with E-state index in [4.69, 9.17) is 11.6 Å². The highest BCUT2D eigenvalue weighted by molar-refractivity contribution is 7.83. The summed E-state index contributed by atoms with van der Waals surface area (Å²) in [6.45, 7) is 6.25. The molecule has 3 amide bonds. The smallest absolute Gasteiger partial charge is 0.275 e. The Labute approximate surface area is 299 Å². The van der Waals surface area contributed by atoms with Crippen LogP contribution in [0.5, 0.6) is 0 Å². The zero-order chi connectivity index (χ0) is 35.2. The Hall–Kier alpha value is -4.80. The lowest BCUT2D eigenvalue weighted by Crippen LogP contribution is -2.36. The zero-order valence-corrected chi connectivity index (χ0v) is 29.8. The molecule has 1 aliphatic rings. The lowest BCUT2D eigenvalue weighted by Gasteiger charge is -2.29. The normalized spacial score (nSPS) is 13.1. The molecule has 258 valence electrons. The predicted octanol–water partition coefficient (Wildman–Crippen LogP) is 7.37. The van der Waals surface area contributed by atoms with Crippen molar-refractivity contribution in [1.29, 1.82) is 0 Å². The summed E-state index contributed by atoms with van der Waals surface area (Å²) in [6, 6.07) is 25.7. The number of carbonyl (C=O) groups is 3. The second-order valence-corrected chi connectivity index (χ2v) is 14.1. The average Bonchev–Trinajstić information content (AvgIpc) is 3.54. The number of fused-ring (bicyclic) bond motifs is 2. The summed E-state index contributed by atoms with van der Waals surface area (Å²) < 4.78 is 17.3. The van der Waals surface area contributed by atoms with Gasteiger partial charge < -0.3 is 9.80 Å². The Morgan fingerprint density at radius 1 is 0.880 bits per heavy atom. The molecule has 1 aromatic heterocycles. The maximum absolute atomic E-state index is 14.3. The number of hydrogen-bond donors (Lipinski definition) is 1. The van der Waals surface area contributed by atoms with Crippen molar-refractivity contribution in [3.05, 3.63) is 124 Å². The molecule has 1 unspecified atom stereocenters. The van der Waals surface area contributed by atoms with Crippen LogP contribution in [0.3, 0.4) is 0 Å². The van der Waals surface area contributed by atoms with Crippen LogP contribution in [0.1, 0.15) is 81.9 Å². The van der Waals surface area contributed by atoms with Gasteiger partial charge >= 0.3 is 0 Å². The number of halogens is 1. The largest absolute Gasteiger partial charge is 0.337 e. The van der Waals surface area contributed by atoms with Crippen molar-refractivity contribution in [1.82, 2.24) is 24.3 Å². The van der Waals surface area contributed by atoms with Crippen LogP contribution in [0.4, 0.5) is 0 Å². The van der Waals surface area contributed by atoms with Crippen LogP contribution in [0.15, 0.2) is 96.0 Å². The lowest BCUT2D eigenvalue weighted by atomic mass is 9.98. The molecule has 0 bridgehead atoms. The van der Waals surface area contributed by atoms with Crippen LogP contribution >= 0.6 is 11.6 Å². The molecule has 4 aromatic carbocycles. The van der Waals surface area contributed by atoms with Crippen molar-refractivity contribution in [3.8, 4) is 5.69 Å². The van der Waals surface area contributed by atoms with Gasteiger partial charge in [-0.3, -0.25) is 19.1 Å². The molecule has 0 aliphatic carbocycles. The minimum atomic E-state index is -1.84. The van der Waals surface area contributed by atoms with Crippen LogP contribution in [-0.2, 0) is 24.0 Å². The highest BCUT2D eigenvalue weighted by Gasteiger charge is 2.28. The highest BCUT2D eigenvalue weighted by atomic mass is 35.5. The molecule has 1 atom stereocenters. The maximum atomic E-state index is 14.3. The molecule has 0 spiro atoms. The topological polar surface area (TPSA) is 105 Å². The van der Waals surface area contributed by atoms with Crippen molar-refractivity contribution < 1.29 is 18.6 Å². The van der Waals surface area contributed by atoms with Gasteiger partial charge in [0.1, 0.15) is 0 Å². The standard InChI is InChI=1S/C39H40ClN5O4S/c1-3-5-20-43(21-6-4-2)39(48)36-34(40)26-45(41-36)35-18-16-30(24-33(35)38(47)44-22-19-28-12-8-10-14-31(28)25-44)37(46)42-50(49)32-17-15-27-11-7-9-13-29(27)23-32/h7-18,23-24,26H,3-6,19-22,25H2,1-2H3,(H,42,46). The molecule has 0 saturated carbocycles. The molecule has 6 rings (SSSR count). The van der Waals surface area contributed by atoms with Gasteiger partial charge in [0.25, 0.3) is 17.7 Å². The van der Waals surface area contributed by atoms with Crippen molar-refractivity contribution in [3.63, 3.8) is 0 Å². The van der Waals surface area contributed by atoms with E-state index >= 15 is 0 Å². The fourth-order valence-corrected chi connectivity index (χ4v) is 7.20. The highest BCUT2D eigenvalue weighted by Crippen LogP contribution is 2.27. The van der Waals surface area contributed by atoms with Crippen LogP contribution in [-0.4, -0.2) is 61.1 Å². The second-order valence-electron chi connectivity index (χ2n) is 12.5. The van der Waals surface area contributed by atoms with Gasteiger partial charge in [-0.1, -0.05) is 92.9 Å². The first-order valence-corrected chi connectivity index (χ1v) is 18.6. The molecule has 5 aromatic rings. The molecule has 1 N–H and O–H groups in total. The number of rotatable bonds is 12. The van der Waals surface area contributed by atoms with E-state index in [0.717, 1.165) is 42.0 Å². The van der Waals surface area contributed by atoms with E-state index in [0.29, 0.717) is 43.2 Å². The fourth-order valence-electron chi connectivity index (χ4n) is 6.16. The number of aromatic nitrogens is 2. The predicted molar refractivity (Wildman–Crippen MR) is 197 cm³/mol. The average molecular weight is 710 g/mol. The molecular formula is C39H40ClN5O4S. The van der Waals surface area contributed by atoms with E-state index in [2.05, 4.69) is 29.7 Å². The summed E-state index contributed by atoms with van der Waals surface area (Å²) in [6.07, 6.45) is 5.83. The van der Waals surface area contributed by atoms with E-state index in [1.54, 1.807) is 34.1 Å². The number of unbranched alkanes of at least 4 members (excludes halogenated alkanes) is 2. The number of amides is 3. The Kier molecular flexibility index (Phi) is 11.1. The summed E-state index contributed by atoms with van der Waals surface area (Å²) >= 11 is 6.65. The third kappa shape index (κ3) is 7.66. The molecular weight excluding hydrogens is 670 g/mol. The Morgan fingerprint density at radius 2 is 1.58 bits per heavy atom. The van der Waals surface area contributed by atoms with Crippen molar-refractivity contribution in [2.45, 2.75) is 57.4 Å². The van der Waals surface area contributed by atoms with Crippen LogP contribution in [0, 0.1) is 0 Å². The lowest BCUT2D eigenvalue weighted by molar-refractivity contribution is 0.0732. The van der Waals surface area contributed by atoms with Gasteiger partial charge in [0.15, 0.2) is 16.7 Å². The van der Waals surface area contributed by atoms with Gasteiger partial charge in [-0.05, 0) is 71.5 Å². The van der Waals surface area contributed by atoms with Crippen molar-refractivity contribution in [2.75, 3.05) is 19.6 Å². The summed E-state index contributed by atoms with van der Waals surface area (Å²) in [5.41, 5.74) is 3.10. The second kappa shape index (κ2) is 15.8. The fraction of sp³-hybridized carbons (Fsp3) is 0.282. The van der Waals surface area contributed by atoms with Gasteiger partial charge in [-0.25, -0.2) is 8.89 Å².